The van der Waals surface area contributed by atoms with Gasteiger partial charge in [-0.25, -0.2) is 0 Å². The van der Waals surface area contributed by atoms with E-state index in [4.69, 9.17) is 9.84 Å². The number of aliphatic hydroxyl groups excluding tert-OH is 1. The SMILES string of the molecule is COc1ccc(CN(C)CC(=O)NCCO)cc1. The van der Waals surface area contributed by atoms with Gasteiger partial charge < -0.3 is 15.2 Å². The van der Waals surface area contributed by atoms with Crippen LogP contribution in [0.3, 0.4) is 0 Å². The number of methoxy groups -OCH3 is 1. The van der Waals surface area contributed by atoms with E-state index in [1.807, 2.05) is 36.2 Å². The van der Waals surface area contributed by atoms with Gasteiger partial charge in [0.2, 0.25) is 5.91 Å². The van der Waals surface area contributed by atoms with Crippen molar-refractivity contribution in [3.05, 3.63) is 29.8 Å². The third-order valence-corrected chi connectivity index (χ3v) is 2.46. The van der Waals surface area contributed by atoms with Crippen molar-refractivity contribution in [3.8, 4) is 5.75 Å². The van der Waals surface area contributed by atoms with Crippen LogP contribution in [0.2, 0.25) is 0 Å². The van der Waals surface area contributed by atoms with Crippen LogP contribution in [0.4, 0.5) is 0 Å². The molecular formula is C13H20N2O3. The van der Waals surface area contributed by atoms with Crippen molar-refractivity contribution in [3.63, 3.8) is 0 Å². The monoisotopic (exact) mass is 252 g/mol. The molecule has 18 heavy (non-hydrogen) atoms. The highest BCUT2D eigenvalue weighted by molar-refractivity contribution is 5.77. The summed E-state index contributed by atoms with van der Waals surface area (Å²) < 4.78 is 5.08. The third kappa shape index (κ3) is 5.16. The molecule has 5 heteroatoms. The van der Waals surface area contributed by atoms with Crippen molar-refractivity contribution >= 4 is 5.91 Å². The molecule has 0 fully saturated rings. The van der Waals surface area contributed by atoms with E-state index in [-0.39, 0.29) is 12.5 Å². The molecule has 0 heterocycles. The highest BCUT2D eigenvalue weighted by Crippen LogP contribution is 2.12. The van der Waals surface area contributed by atoms with Gasteiger partial charge in [-0.1, -0.05) is 12.1 Å². The number of ether oxygens (including phenoxy) is 1. The second-order valence-corrected chi connectivity index (χ2v) is 4.09. The molecule has 100 valence electrons. The van der Waals surface area contributed by atoms with Gasteiger partial charge in [0.05, 0.1) is 20.3 Å². The topological polar surface area (TPSA) is 61.8 Å². The van der Waals surface area contributed by atoms with Crippen LogP contribution in [0, 0.1) is 0 Å². The van der Waals surface area contributed by atoms with Gasteiger partial charge in [0.1, 0.15) is 5.75 Å². The number of likely N-dealkylation sites (N-methyl/N-ethyl adjacent to an activating group) is 1. The predicted molar refractivity (Wildman–Crippen MR) is 69.4 cm³/mol. The summed E-state index contributed by atoms with van der Waals surface area (Å²) in [7, 11) is 3.51. The van der Waals surface area contributed by atoms with Crippen LogP contribution in [-0.2, 0) is 11.3 Å². The Kier molecular flexibility index (Phi) is 6.18. The van der Waals surface area contributed by atoms with Crippen molar-refractivity contribution in [2.45, 2.75) is 6.54 Å². The number of hydrogen-bond acceptors (Lipinski definition) is 4. The number of aliphatic hydroxyl groups is 1. The van der Waals surface area contributed by atoms with E-state index >= 15 is 0 Å². The Morgan fingerprint density at radius 2 is 2.06 bits per heavy atom. The van der Waals surface area contributed by atoms with Crippen LogP contribution in [0.25, 0.3) is 0 Å². The van der Waals surface area contributed by atoms with Gasteiger partial charge in [0, 0.05) is 13.1 Å². The Morgan fingerprint density at radius 3 is 2.61 bits per heavy atom. The molecule has 0 saturated carbocycles. The van der Waals surface area contributed by atoms with Crippen molar-refractivity contribution in [2.75, 3.05) is 33.9 Å². The Hall–Kier alpha value is -1.59. The van der Waals surface area contributed by atoms with Crippen LogP contribution in [0.5, 0.6) is 5.75 Å². The Labute approximate surface area is 107 Å². The van der Waals surface area contributed by atoms with Gasteiger partial charge in [-0.05, 0) is 24.7 Å². The third-order valence-electron chi connectivity index (χ3n) is 2.46. The minimum atomic E-state index is -0.0833. The number of nitrogens with zero attached hydrogens (tertiary/aromatic N) is 1. The van der Waals surface area contributed by atoms with Crippen LogP contribution in [0.15, 0.2) is 24.3 Å². The first-order valence-electron chi connectivity index (χ1n) is 5.84. The summed E-state index contributed by atoms with van der Waals surface area (Å²) in [5, 5.41) is 11.2. The predicted octanol–water partition coefficient (Wildman–Crippen LogP) is 0.235. The molecule has 0 radical (unpaired) electrons. The maximum Gasteiger partial charge on any atom is 0.234 e. The molecule has 0 aliphatic heterocycles. The van der Waals surface area contributed by atoms with Gasteiger partial charge in [-0.3, -0.25) is 9.69 Å². The normalized spacial score (nSPS) is 10.4. The molecule has 0 bridgehead atoms. The lowest BCUT2D eigenvalue weighted by Crippen LogP contribution is -2.36. The molecular weight excluding hydrogens is 232 g/mol. The Morgan fingerprint density at radius 1 is 1.39 bits per heavy atom. The standard InChI is InChI=1S/C13H20N2O3/c1-15(10-13(17)14-7-8-16)9-11-3-5-12(18-2)6-4-11/h3-6,16H,7-10H2,1-2H3,(H,14,17). The van der Waals surface area contributed by atoms with E-state index < -0.39 is 0 Å². The largest absolute Gasteiger partial charge is 0.497 e. The zero-order chi connectivity index (χ0) is 13.4. The number of amides is 1. The molecule has 0 unspecified atom stereocenters. The number of carbonyl (C=O) groups is 1. The highest BCUT2D eigenvalue weighted by atomic mass is 16.5. The first-order chi connectivity index (χ1) is 8.65. The highest BCUT2D eigenvalue weighted by Gasteiger charge is 2.06. The molecule has 0 aromatic heterocycles. The molecule has 1 aromatic rings. The smallest absolute Gasteiger partial charge is 0.234 e. The van der Waals surface area contributed by atoms with Gasteiger partial charge in [-0.15, -0.1) is 0 Å². The Bertz CT molecular complexity index is 365. The van der Waals surface area contributed by atoms with E-state index in [2.05, 4.69) is 5.32 Å². The van der Waals surface area contributed by atoms with Gasteiger partial charge in [-0.2, -0.15) is 0 Å². The summed E-state index contributed by atoms with van der Waals surface area (Å²) >= 11 is 0. The number of hydrogen-bond donors (Lipinski definition) is 2. The lowest BCUT2D eigenvalue weighted by molar-refractivity contribution is -0.122. The number of benzene rings is 1. The molecule has 1 rings (SSSR count). The van der Waals surface area contributed by atoms with E-state index in [1.54, 1.807) is 7.11 Å². The summed E-state index contributed by atoms with van der Waals surface area (Å²) in [6.07, 6.45) is 0. The average molecular weight is 252 g/mol. The second-order valence-electron chi connectivity index (χ2n) is 4.09. The minimum Gasteiger partial charge on any atom is -0.497 e. The molecule has 1 amide bonds. The van der Waals surface area contributed by atoms with Gasteiger partial charge >= 0.3 is 0 Å². The summed E-state index contributed by atoms with van der Waals surface area (Å²) in [5.41, 5.74) is 1.12. The number of nitrogens with one attached hydrogen (secondary N) is 1. The fourth-order valence-electron chi connectivity index (χ4n) is 1.59. The van der Waals surface area contributed by atoms with E-state index in [0.717, 1.165) is 11.3 Å². The quantitative estimate of drug-likeness (QED) is 0.729. The fourth-order valence-corrected chi connectivity index (χ4v) is 1.59. The first-order valence-corrected chi connectivity index (χ1v) is 5.84. The van der Waals surface area contributed by atoms with E-state index in [1.165, 1.54) is 0 Å². The maximum atomic E-state index is 11.4. The van der Waals surface area contributed by atoms with E-state index in [0.29, 0.717) is 19.6 Å². The van der Waals surface area contributed by atoms with Gasteiger partial charge in [0.15, 0.2) is 0 Å². The molecule has 0 atom stereocenters. The molecule has 0 spiro atoms. The minimum absolute atomic E-state index is 0.0338. The van der Waals surface area contributed by atoms with Crippen LogP contribution in [-0.4, -0.2) is 49.8 Å². The number of rotatable bonds is 7. The lowest BCUT2D eigenvalue weighted by atomic mass is 10.2. The molecule has 0 aliphatic rings. The summed E-state index contributed by atoms with van der Waals surface area (Å²) in [4.78, 5) is 13.3. The molecule has 0 saturated heterocycles. The van der Waals surface area contributed by atoms with Crippen molar-refractivity contribution in [2.24, 2.45) is 0 Å². The summed E-state index contributed by atoms with van der Waals surface area (Å²) in [5.74, 6) is 0.738. The first kappa shape index (κ1) is 14.5. The second kappa shape index (κ2) is 7.68. The van der Waals surface area contributed by atoms with Crippen LogP contribution in [0.1, 0.15) is 5.56 Å². The Balaban J connectivity index is 2.38. The van der Waals surface area contributed by atoms with Crippen molar-refractivity contribution < 1.29 is 14.6 Å². The molecule has 0 aliphatic carbocycles. The average Bonchev–Trinajstić information content (AvgIpc) is 2.37. The van der Waals surface area contributed by atoms with E-state index in [9.17, 15) is 4.79 Å². The molecule has 5 nitrogen and oxygen atoms in total. The lowest BCUT2D eigenvalue weighted by Gasteiger charge is -2.16. The summed E-state index contributed by atoms with van der Waals surface area (Å²) in [6, 6.07) is 7.74. The van der Waals surface area contributed by atoms with Crippen molar-refractivity contribution in [1.82, 2.24) is 10.2 Å². The molecule has 2 N–H and O–H groups in total. The molecule has 1 aromatic carbocycles. The zero-order valence-electron chi connectivity index (χ0n) is 10.8. The van der Waals surface area contributed by atoms with Crippen LogP contribution < -0.4 is 10.1 Å². The van der Waals surface area contributed by atoms with Crippen LogP contribution >= 0.6 is 0 Å². The fraction of sp³-hybridized carbons (Fsp3) is 0.462. The number of carbonyl (C=O) groups excluding carboxylic acids is 1. The van der Waals surface area contributed by atoms with Gasteiger partial charge in [0.25, 0.3) is 0 Å². The van der Waals surface area contributed by atoms with Crippen molar-refractivity contribution in [1.29, 1.82) is 0 Å². The zero-order valence-corrected chi connectivity index (χ0v) is 10.8. The maximum absolute atomic E-state index is 11.4. The summed E-state index contributed by atoms with van der Waals surface area (Å²) in [6.45, 7) is 1.27.